The molecule has 0 spiro atoms. The molecule has 0 aromatic heterocycles. The minimum Gasteiger partial charge on any atom is -0.497 e. The Morgan fingerprint density at radius 1 is 0.962 bits per heavy atom. The maximum absolute atomic E-state index is 12.5. The van der Waals surface area contributed by atoms with Crippen LogP contribution in [0.15, 0.2) is 42.5 Å². The molecule has 6 heteroatoms. The van der Waals surface area contributed by atoms with E-state index in [1.807, 2.05) is 13.8 Å². The van der Waals surface area contributed by atoms with Gasteiger partial charge >= 0.3 is 0 Å². The Morgan fingerprint density at radius 2 is 1.65 bits per heavy atom. The molecule has 2 N–H and O–H groups in total. The number of hydrogen-bond acceptors (Lipinski definition) is 4. The normalized spacial score (nSPS) is 10.3. The first-order chi connectivity index (χ1) is 12.4. The minimum atomic E-state index is -0.281. The maximum Gasteiger partial charge on any atom is 0.255 e. The summed E-state index contributed by atoms with van der Waals surface area (Å²) < 4.78 is 10.4. The Bertz CT molecular complexity index is 770. The molecule has 0 saturated heterocycles. The van der Waals surface area contributed by atoms with Crippen LogP contribution in [-0.4, -0.2) is 26.0 Å². The molecule has 0 heterocycles. The van der Waals surface area contributed by atoms with E-state index in [0.29, 0.717) is 34.9 Å². The van der Waals surface area contributed by atoms with Crippen molar-refractivity contribution >= 4 is 23.2 Å². The van der Waals surface area contributed by atoms with Crippen molar-refractivity contribution in [1.29, 1.82) is 0 Å². The fourth-order valence-corrected chi connectivity index (χ4v) is 2.39. The van der Waals surface area contributed by atoms with E-state index in [-0.39, 0.29) is 17.7 Å². The monoisotopic (exact) mass is 356 g/mol. The second-order valence-corrected chi connectivity index (χ2v) is 6.24. The van der Waals surface area contributed by atoms with E-state index in [0.717, 1.165) is 0 Å². The summed E-state index contributed by atoms with van der Waals surface area (Å²) in [5, 5.41) is 5.62. The Balaban J connectivity index is 2.07. The number of nitrogens with one attached hydrogen (secondary N) is 2. The summed E-state index contributed by atoms with van der Waals surface area (Å²) in [7, 11) is 3.09. The lowest BCUT2D eigenvalue weighted by Gasteiger charge is -2.12. The summed E-state index contributed by atoms with van der Waals surface area (Å²) in [6.45, 7) is 3.97. The highest BCUT2D eigenvalue weighted by atomic mass is 16.5. The van der Waals surface area contributed by atoms with Gasteiger partial charge in [0.1, 0.15) is 11.5 Å². The van der Waals surface area contributed by atoms with Gasteiger partial charge in [0, 0.05) is 23.7 Å². The van der Waals surface area contributed by atoms with Gasteiger partial charge < -0.3 is 20.1 Å². The number of carbonyl (C=O) groups excluding carboxylic acids is 2. The molecule has 6 nitrogen and oxygen atoms in total. The summed E-state index contributed by atoms with van der Waals surface area (Å²) in [5.41, 5.74) is 1.65. The Hall–Kier alpha value is -3.02. The average molecular weight is 356 g/mol. The van der Waals surface area contributed by atoms with Crippen LogP contribution in [0.5, 0.6) is 11.5 Å². The summed E-state index contributed by atoms with van der Waals surface area (Å²) >= 11 is 0. The summed E-state index contributed by atoms with van der Waals surface area (Å²) in [6.07, 6.45) is 0.456. The first-order valence-electron chi connectivity index (χ1n) is 8.36. The van der Waals surface area contributed by atoms with Gasteiger partial charge in [-0.2, -0.15) is 0 Å². The minimum absolute atomic E-state index is 0.0432. The van der Waals surface area contributed by atoms with Crippen molar-refractivity contribution in [3.8, 4) is 11.5 Å². The molecule has 0 bridgehead atoms. The van der Waals surface area contributed by atoms with Gasteiger partial charge in [0.2, 0.25) is 5.91 Å². The SMILES string of the molecule is COc1ccc(OC)c(NC(=O)c2ccc(NC(=O)CC(C)C)cc2)c1. The Morgan fingerprint density at radius 3 is 2.23 bits per heavy atom. The predicted octanol–water partition coefficient (Wildman–Crippen LogP) is 3.94. The zero-order chi connectivity index (χ0) is 19.1. The quantitative estimate of drug-likeness (QED) is 0.788. The molecule has 2 rings (SSSR count). The molecule has 0 radical (unpaired) electrons. The number of hydrogen-bond donors (Lipinski definition) is 2. The zero-order valence-corrected chi connectivity index (χ0v) is 15.5. The van der Waals surface area contributed by atoms with Crippen LogP contribution in [0.3, 0.4) is 0 Å². The van der Waals surface area contributed by atoms with E-state index in [1.54, 1.807) is 49.6 Å². The molecule has 0 saturated carbocycles. The van der Waals surface area contributed by atoms with Crippen molar-refractivity contribution in [2.24, 2.45) is 5.92 Å². The zero-order valence-electron chi connectivity index (χ0n) is 15.5. The summed E-state index contributed by atoms with van der Waals surface area (Å²) in [4.78, 5) is 24.3. The van der Waals surface area contributed by atoms with E-state index in [1.165, 1.54) is 7.11 Å². The molecule has 2 aromatic rings. The highest BCUT2D eigenvalue weighted by Gasteiger charge is 2.12. The lowest BCUT2D eigenvalue weighted by atomic mass is 10.1. The van der Waals surface area contributed by atoms with E-state index in [9.17, 15) is 9.59 Å². The van der Waals surface area contributed by atoms with E-state index in [4.69, 9.17) is 9.47 Å². The summed E-state index contributed by atoms with van der Waals surface area (Å²) in [5.74, 6) is 1.12. The van der Waals surface area contributed by atoms with Gasteiger partial charge in [0.15, 0.2) is 0 Å². The molecule has 2 aromatic carbocycles. The van der Waals surface area contributed by atoms with Crippen LogP contribution in [0, 0.1) is 5.92 Å². The number of carbonyl (C=O) groups is 2. The molecule has 0 aliphatic heterocycles. The van der Waals surface area contributed by atoms with Crippen LogP contribution in [0.2, 0.25) is 0 Å². The van der Waals surface area contributed by atoms with E-state index >= 15 is 0 Å². The van der Waals surface area contributed by atoms with Gasteiger partial charge in [-0.25, -0.2) is 0 Å². The third kappa shape index (κ3) is 5.24. The molecule has 138 valence electrons. The number of anilines is 2. The molecule has 0 aliphatic carbocycles. The van der Waals surface area contributed by atoms with Crippen molar-refractivity contribution in [2.75, 3.05) is 24.9 Å². The van der Waals surface area contributed by atoms with Crippen LogP contribution in [-0.2, 0) is 4.79 Å². The highest BCUT2D eigenvalue weighted by Crippen LogP contribution is 2.29. The van der Waals surface area contributed by atoms with Gasteiger partial charge in [-0.15, -0.1) is 0 Å². The van der Waals surface area contributed by atoms with Gasteiger partial charge in [-0.1, -0.05) is 13.8 Å². The maximum atomic E-state index is 12.5. The second-order valence-electron chi connectivity index (χ2n) is 6.24. The predicted molar refractivity (Wildman–Crippen MR) is 102 cm³/mol. The standard InChI is InChI=1S/C20H24N2O4/c1-13(2)11-19(23)21-15-7-5-14(6-8-15)20(24)22-17-12-16(25-3)9-10-18(17)26-4/h5-10,12-13H,11H2,1-4H3,(H,21,23)(H,22,24). The van der Waals surface area contributed by atoms with Gasteiger partial charge in [-0.05, 0) is 42.3 Å². The van der Waals surface area contributed by atoms with E-state index < -0.39 is 0 Å². The first kappa shape index (κ1) is 19.3. The second kappa shape index (κ2) is 8.89. The first-order valence-corrected chi connectivity index (χ1v) is 8.36. The third-order valence-corrected chi connectivity index (χ3v) is 3.68. The average Bonchev–Trinajstić information content (AvgIpc) is 2.61. The molecule has 0 aliphatic rings. The topological polar surface area (TPSA) is 76.7 Å². The van der Waals surface area contributed by atoms with Gasteiger partial charge in [0.25, 0.3) is 5.91 Å². The van der Waals surface area contributed by atoms with Crippen LogP contribution in [0.25, 0.3) is 0 Å². The van der Waals surface area contributed by atoms with Crippen molar-refractivity contribution in [1.82, 2.24) is 0 Å². The molecule has 0 fully saturated rings. The van der Waals surface area contributed by atoms with Crippen molar-refractivity contribution in [2.45, 2.75) is 20.3 Å². The lowest BCUT2D eigenvalue weighted by Crippen LogP contribution is -2.15. The van der Waals surface area contributed by atoms with Crippen molar-refractivity contribution in [3.63, 3.8) is 0 Å². The van der Waals surface area contributed by atoms with Gasteiger partial charge in [0.05, 0.1) is 19.9 Å². The Kier molecular flexibility index (Phi) is 6.60. The van der Waals surface area contributed by atoms with Crippen molar-refractivity contribution in [3.05, 3.63) is 48.0 Å². The number of methoxy groups -OCH3 is 2. The smallest absolute Gasteiger partial charge is 0.255 e. The number of rotatable bonds is 7. The molecule has 2 amide bonds. The molecule has 0 unspecified atom stereocenters. The summed E-state index contributed by atoms with van der Waals surface area (Å²) in [6, 6.07) is 11.9. The van der Waals surface area contributed by atoms with Crippen LogP contribution < -0.4 is 20.1 Å². The molecular weight excluding hydrogens is 332 g/mol. The largest absolute Gasteiger partial charge is 0.497 e. The van der Waals surface area contributed by atoms with Crippen molar-refractivity contribution < 1.29 is 19.1 Å². The lowest BCUT2D eigenvalue weighted by molar-refractivity contribution is -0.116. The number of benzene rings is 2. The van der Waals surface area contributed by atoms with Gasteiger partial charge in [-0.3, -0.25) is 9.59 Å². The molecule has 0 atom stereocenters. The van der Waals surface area contributed by atoms with Crippen LogP contribution >= 0.6 is 0 Å². The third-order valence-electron chi connectivity index (χ3n) is 3.68. The molecular formula is C20H24N2O4. The Labute approximate surface area is 153 Å². The van der Waals surface area contributed by atoms with Crippen LogP contribution in [0.1, 0.15) is 30.6 Å². The van der Waals surface area contributed by atoms with Crippen LogP contribution in [0.4, 0.5) is 11.4 Å². The number of amides is 2. The fourth-order valence-electron chi connectivity index (χ4n) is 2.39. The number of ether oxygens (including phenoxy) is 2. The fraction of sp³-hybridized carbons (Fsp3) is 0.300. The molecule has 26 heavy (non-hydrogen) atoms. The van der Waals surface area contributed by atoms with E-state index in [2.05, 4.69) is 10.6 Å². The highest BCUT2D eigenvalue weighted by molar-refractivity contribution is 6.05.